The second-order valence-corrected chi connectivity index (χ2v) is 6.72. The maximum atomic E-state index is 2.35. The second kappa shape index (κ2) is 7.67. The lowest BCUT2D eigenvalue weighted by atomic mass is 10.1. The van der Waals surface area contributed by atoms with E-state index >= 15 is 0 Å². The largest absolute Gasteiger partial charge is 0.325 e. The molecule has 17 heavy (non-hydrogen) atoms. The lowest BCUT2D eigenvalue weighted by Gasteiger charge is -2.30. The van der Waals surface area contributed by atoms with E-state index in [0.717, 1.165) is 11.0 Å². The van der Waals surface area contributed by atoms with Crippen LogP contribution in [0.2, 0.25) is 6.04 Å². The first-order chi connectivity index (χ1) is 8.14. The monoisotopic (exact) mass is 250 g/mol. The highest BCUT2D eigenvalue weighted by atomic mass is 28.1. The van der Waals surface area contributed by atoms with Crippen molar-refractivity contribution in [1.29, 1.82) is 0 Å². The molecule has 0 amide bonds. The van der Waals surface area contributed by atoms with Crippen molar-refractivity contribution in [3.63, 3.8) is 0 Å². The summed E-state index contributed by atoms with van der Waals surface area (Å²) >= 11 is 0. The minimum atomic E-state index is 1.12. The molecular weight excluding hydrogens is 222 g/mol. The molecule has 0 aliphatic rings. The Bertz CT molecular complexity index is 295. The maximum absolute atomic E-state index is 2.35. The van der Waals surface area contributed by atoms with Gasteiger partial charge in [0.05, 0.1) is 20.6 Å². The molecule has 96 valence electrons. The fourth-order valence-corrected chi connectivity index (χ4v) is 2.80. The van der Waals surface area contributed by atoms with Crippen LogP contribution in [0.3, 0.4) is 0 Å². The Morgan fingerprint density at radius 3 is 2.24 bits per heavy atom. The van der Waals surface area contributed by atoms with Gasteiger partial charge in [0, 0.05) is 15.8 Å². The van der Waals surface area contributed by atoms with Gasteiger partial charge in [-0.05, 0) is 12.8 Å². The van der Waals surface area contributed by atoms with Gasteiger partial charge in [0.2, 0.25) is 0 Å². The van der Waals surface area contributed by atoms with Gasteiger partial charge in [-0.25, -0.2) is 0 Å². The fraction of sp³-hybridized carbons (Fsp3) is 0.600. The third-order valence-electron chi connectivity index (χ3n) is 3.32. The highest BCUT2D eigenvalue weighted by Gasteiger charge is 2.14. The number of benzene rings is 1. The van der Waals surface area contributed by atoms with Crippen molar-refractivity contribution < 1.29 is 4.48 Å². The van der Waals surface area contributed by atoms with Gasteiger partial charge in [0.15, 0.2) is 0 Å². The predicted molar refractivity (Wildman–Crippen MR) is 80.3 cm³/mol. The van der Waals surface area contributed by atoms with Crippen molar-refractivity contribution in [2.45, 2.75) is 38.3 Å². The van der Waals surface area contributed by atoms with Gasteiger partial charge in [-0.1, -0.05) is 49.2 Å². The second-order valence-electron chi connectivity index (χ2n) is 5.72. The normalized spacial score (nSPS) is 11.9. The van der Waals surface area contributed by atoms with Gasteiger partial charge in [-0.2, -0.15) is 0 Å². The van der Waals surface area contributed by atoms with E-state index in [2.05, 4.69) is 44.4 Å². The van der Waals surface area contributed by atoms with Gasteiger partial charge in [0.1, 0.15) is 6.54 Å². The van der Waals surface area contributed by atoms with Crippen LogP contribution in [0.5, 0.6) is 0 Å². The summed E-state index contributed by atoms with van der Waals surface area (Å²) in [6.07, 6.45) is 5.69. The minimum Gasteiger partial charge on any atom is -0.325 e. The molecule has 1 rings (SSSR count). The summed E-state index contributed by atoms with van der Waals surface area (Å²) in [5.41, 5.74) is 1.46. The maximum Gasteiger partial charge on any atom is 0.104 e. The molecule has 0 saturated carbocycles. The van der Waals surface area contributed by atoms with E-state index in [1.165, 1.54) is 54.1 Å². The highest BCUT2D eigenvalue weighted by Crippen LogP contribution is 2.12. The Kier molecular flexibility index (Phi) is 6.52. The topological polar surface area (TPSA) is 0 Å². The molecular formula is C15H28NSi+. The number of hydrogen-bond donors (Lipinski definition) is 0. The lowest BCUT2D eigenvalue weighted by Crippen LogP contribution is -2.39. The van der Waals surface area contributed by atoms with E-state index < -0.39 is 0 Å². The number of rotatable bonds is 8. The molecule has 0 radical (unpaired) electrons. The third-order valence-corrected chi connectivity index (χ3v) is 4.03. The van der Waals surface area contributed by atoms with Crippen LogP contribution in [-0.2, 0) is 6.54 Å². The van der Waals surface area contributed by atoms with E-state index in [9.17, 15) is 0 Å². The third kappa shape index (κ3) is 6.64. The molecule has 0 aliphatic heterocycles. The van der Waals surface area contributed by atoms with Crippen LogP contribution >= 0.6 is 0 Å². The first-order valence-corrected chi connectivity index (χ1v) is 8.41. The predicted octanol–water partition coefficient (Wildman–Crippen LogP) is 2.61. The van der Waals surface area contributed by atoms with Crippen molar-refractivity contribution >= 4 is 10.2 Å². The zero-order valence-corrected chi connectivity index (χ0v) is 13.8. The SMILES string of the molecule is C[N+](C)(CCCCCC[SiH3])Cc1ccccc1. The Hall–Kier alpha value is -0.603. The summed E-state index contributed by atoms with van der Waals surface area (Å²) in [7, 11) is 6.07. The molecule has 0 bridgehead atoms. The van der Waals surface area contributed by atoms with E-state index in [1.807, 2.05) is 0 Å². The fourth-order valence-electron chi connectivity index (χ4n) is 2.30. The Labute approximate surface area is 110 Å². The van der Waals surface area contributed by atoms with Gasteiger partial charge in [-0.3, -0.25) is 0 Å². The van der Waals surface area contributed by atoms with Crippen LogP contribution in [0, 0.1) is 0 Å². The Morgan fingerprint density at radius 2 is 1.59 bits per heavy atom. The van der Waals surface area contributed by atoms with Crippen molar-refractivity contribution in [2.24, 2.45) is 0 Å². The number of unbranched alkanes of at least 4 members (excludes halogenated alkanes) is 3. The summed E-state index contributed by atoms with van der Waals surface area (Å²) in [5.74, 6) is 0. The number of nitrogens with zero attached hydrogens (tertiary/aromatic N) is 1. The Morgan fingerprint density at radius 1 is 0.941 bits per heavy atom. The molecule has 0 unspecified atom stereocenters. The average Bonchev–Trinajstić information content (AvgIpc) is 2.29. The van der Waals surface area contributed by atoms with Crippen molar-refractivity contribution in [2.75, 3.05) is 20.6 Å². The molecule has 0 spiro atoms. The molecule has 0 aromatic heterocycles. The smallest absolute Gasteiger partial charge is 0.104 e. The first-order valence-electron chi connectivity index (χ1n) is 7.00. The summed E-state index contributed by atoms with van der Waals surface area (Å²) < 4.78 is 1.12. The van der Waals surface area contributed by atoms with E-state index in [4.69, 9.17) is 0 Å². The van der Waals surface area contributed by atoms with Crippen LogP contribution in [0.4, 0.5) is 0 Å². The molecule has 0 saturated heterocycles. The van der Waals surface area contributed by atoms with Gasteiger partial charge < -0.3 is 4.48 Å². The van der Waals surface area contributed by atoms with Crippen LogP contribution in [0.1, 0.15) is 31.2 Å². The van der Waals surface area contributed by atoms with Crippen LogP contribution in [0.25, 0.3) is 0 Å². The Balaban J connectivity index is 2.26. The molecule has 1 aromatic carbocycles. The number of hydrogen-bond acceptors (Lipinski definition) is 0. The van der Waals surface area contributed by atoms with Crippen LogP contribution in [0.15, 0.2) is 30.3 Å². The summed E-state index contributed by atoms with van der Waals surface area (Å²) in [6, 6.07) is 12.3. The lowest BCUT2D eigenvalue weighted by molar-refractivity contribution is -0.903. The molecule has 0 fully saturated rings. The van der Waals surface area contributed by atoms with Crippen LogP contribution in [-0.4, -0.2) is 35.4 Å². The first kappa shape index (κ1) is 14.5. The molecule has 0 N–H and O–H groups in total. The van der Waals surface area contributed by atoms with Gasteiger partial charge in [-0.15, -0.1) is 0 Å². The molecule has 0 atom stereocenters. The zero-order chi connectivity index (χ0) is 12.6. The van der Waals surface area contributed by atoms with Crippen molar-refractivity contribution in [3.05, 3.63) is 35.9 Å². The quantitative estimate of drug-likeness (QED) is 0.378. The molecule has 1 nitrogen and oxygen atoms in total. The van der Waals surface area contributed by atoms with Crippen LogP contribution < -0.4 is 0 Å². The van der Waals surface area contributed by atoms with Crippen molar-refractivity contribution in [3.8, 4) is 0 Å². The van der Waals surface area contributed by atoms with Gasteiger partial charge >= 0.3 is 0 Å². The molecule has 0 aliphatic carbocycles. The summed E-state index contributed by atoms with van der Waals surface area (Å²) in [6.45, 7) is 2.46. The number of quaternary nitrogens is 1. The molecule has 1 aromatic rings. The van der Waals surface area contributed by atoms with E-state index in [-0.39, 0.29) is 0 Å². The van der Waals surface area contributed by atoms with Crippen molar-refractivity contribution in [1.82, 2.24) is 0 Å². The van der Waals surface area contributed by atoms with E-state index in [0.29, 0.717) is 0 Å². The minimum absolute atomic E-state index is 1.12. The standard InChI is InChI=1S/C15H28NSi/c1-16(2,12-8-3-4-9-13-17)14-15-10-6-5-7-11-15/h5-7,10-11H,3-4,8-9,12-14H2,1-2,17H3/q+1. The van der Waals surface area contributed by atoms with E-state index in [1.54, 1.807) is 0 Å². The highest BCUT2D eigenvalue weighted by molar-refractivity contribution is 6.08. The molecule has 0 heterocycles. The average molecular weight is 250 g/mol. The molecule has 2 heteroatoms. The van der Waals surface area contributed by atoms with Gasteiger partial charge in [0.25, 0.3) is 0 Å². The zero-order valence-electron chi connectivity index (χ0n) is 11.8. The summed E-state index contributed by atoms with van der Waals surface area (Å²) in [5, 5.41) is 0. The summed E-state index contributed by atoms with van der Waals surface area (Å²) in [4.78, 5) is 0.